The number of nitrogens with two attached hydrogens (primary N) is 1. The number of ether oxygens (including phenoxy) is 1. The SMILES string of the molecule is COc1cnn(C(C)C)c1C(NN)C1CCC(C)(C)CC1. The molecule has 1 aromatic heterocycles. The van der Waals surface area contributed by atoms with Gasteiger partial charge in [-0.05, 0) is 50.9 Å². The van der Waals surface area contributed by atoms with Crippen molar-refractivity contribution in [2.75, 3.05) is 7.11 Å². The molecule has 1 fully saturated rings. The van der Waals surface area contributed by atoms with Gasteiger partial charge in [-0.3, -0.25) is 16.0 Å². The summed E-state index contributed by atoms with van der Waals surface area (Å²) in [5.74, 6) is 7.27. The molecule has 1 unspecified atom stereocenters. The van der Waals surface area contributed by atoms with Gasteiger partial charge in [0.15, 0.2) is 5.75 Å². The Morgan fingerprint density at radius 2 is 2.00 bits per heavy atom. The lowest BCUT2D eigenvalue weighted by molar-refractivity contribution is 0.156. The Labute approximate surface area is 128 Å². The average molecular weight is 294 g/mol. The van der Waals surface area contributed by atoms with Crippen LogP contribution in [0, 0.1) is 11.3 Å². The number of methoxy groups -OCH3 is 1. The second-order valence-corrected chi connectivity index (χ2v) is 7.28. The number of hydrogen-bond donors (Lipinski definition) is 2. The van der Waals surface area contributed by atoms with Crippen LogP contribution in [0.15, 0.2) is 6.20 Å². The van der Waals surface area contributed by atoms with Gasteiger partial charge in [0, 0.05) is 6.04 Å². The van der Waals surface area contributed by atoms with Crippen molar-refractivity contribution in [1.82, 2.24) is 15.2 Å². The van der Waals surface area contributed by atoms with Gasteiger partial charge in [0.2, 0.25) is 0 Å². The predicted octanol–water partition coefficient (Wildman–Crippen LogP) is 3.19. The molecule has 5 heteroatoms. The lowest BCUT2D eigenvalue weighted by Gasteiger charge is -2.38. The Hall–Kier alpha value is -1.07. The summed E-state index contributed by atoms with van der Waals surface area (Å²) in [7, 11) is 1.70. The first-order valence-corrected chi connectivity index (χ1v) is 7.97. The Morgan fingerprint density at radius 1 is 1.38 bits per heavy atom. The minimum Gasteiger partial charge on any atom is -0.493 e. The number of hydrogen-bond acceptors (Lipinski definition) is 4. The van der Waals surface area contributed by atoms with Crippen molar-refractivity contribution >= 4 is 0 Å². The molecule has 1 atom stereocenters. The van der Waals surface area contributed by atoms with Gasteiger partial charge >= 0.3 is 0 Å². The van der Waals surface area contributed by atoms with Gasteiger partial charge < -0.3 is 4.74 Å². The maximum atomic E-state index is 5.91. The molecule has 0 amide bonds. The largest absolute Gasteiger partial charge is 0.493 e. The zero-order chi connectivity index (χ0) is 15.6. The van der Waals surface area contributed by atoms with Gasteiger partial charge in [-0.2, -0.15) is 5.10 Å². The third-order valence-electron chi connectivity index (χ3n) is 4.84. The first-order chi connectivity index (χ1) is 9.89. The minimum atomic E-state index is 0.0981. The smallest absolute Gasteiger partial charge is 0.161 e. The van der Waals surface area contributed by atoms with E-state index in [-0.39, 0.29) is 6.04 Å². The van der Waals surface area contributed by atoms with Crippen LogP contribution in [-0.2, 0) is 0 Å². The summed E-state index contributed by atoms with van der Waals surface area (Å²) in [6.45, 7) is 8.97. The van der Waals surface area contributed by atoms with Gasteiger partial charge in [0.1, 0.15) is 0 Å². The van der Waals surface area contributed by atoms with E-state index in [2.05, 4.69) is 38.2 Å². The fraction of sp³-hybridized carbons (Fsp3) is 0.812. The van der Waals surface area contributed by atoms with Crippen LogP contribution in [-0.4, -0.2) is 16.9 Å². The molecule has 0 aromatic carbocycles. The zero-order valence-electron chi connectivity index (χ0n) is 14.0. The lowest BCUT2D eigenvalue weighted by atomic mass is 9.70. The van der Waals surface area contributed by atoms with Crippen LogP contribution in [0.25, 0.3) is 0 Å². The molecule has 21 heavy (non-hydrogen) atoms. The van der Waals surface area contributed by atoms with Crippen molar-refractivity contribution in [2.45, 2.75) is 65.5 Å². The lowest BCUT2D eigenvalue weighted by Crippen LogP contribution is -2.38. The van der Waals surface area contributed by atoms with Gasteiger partial charge in [-0.1, -0.05) is 13.8 Å². The van der Waals surface area contributed by atoms with Crippen LogP contribution in [0.2, 0.25) is 0 Å². The second-order valence-electron chi connectivity index (χ2n) is 7.28. The predicted molar refractivity (Wildman–Crippen MR) is 85.0 cm³/mol. The second kappa shape index (κ2) is 6.36. The van der Waals surface area contributed by atoms with Crippen molar-refractivity contribution in [3.63, 3.8) is 0 Å². The van der Waals surface area contributed by atoms with Gasteiger partial charge in [0.25, 0.3) is 0 Å². The summed E-state index contributed by atoms with van der Waals surface area (Å²) >= 11 is 0. The molecule has 1 aliphatic carbocycles. The summed E-state index contributed by atoms with van der Waals surface area (Å²) in [5.41, 5.74) is 4.57. The van der Waals surface area contributed by atoms with E-state index < -0.39 is 0 Å². The summed E-state index contributed by atoms with van der Waals surface area (Å²) in [6, 6.07) is 0.390. The van der Waals surface area contributed by atoms with Crippen LogP contribution in [0.5, 0.6) is 5.75 Å². The van der Waals surface area contributed by atoms with E-state index in [0.29, 0.717) is 17.4 Å². The molecule has 1 aliphatic rings. The Balaban J connectivity index is 2.27. The molecule has 1 saturated carbocycles. The highest BCUT2D eigenvalue weighted by Crippen LogP contribution is 2.44. The molecular formula is C16H30N4O. The minimum absolute atomic E-state index is 0.0981. The number of rotatable bonds is 5. The quantitative estimate of drug-likeness (QED) is 0.646. The molecule has 1 heterocycles. The van der Waals surface area contributed by atoms with E-state index in [1.165, 1.54) is 25.7 Å². The topological polar surface area (TPSA) is 65.1 Å². The molecule has 3 N–H and O–H groups in total. The molecule has 120 valence electrons. The van der Waals surface area contributed by atoms with E-state index in [9.17, 15) is 0 Å². The van der Waals surface area contributed by atoms with Crippen molar-refractivity contribution in [1.29, 1.82) is 0 Å². The average Bonchev–Trinajstić information content (AvgIpc) is 2.85. The first-order valence-electron chi connectivity index (χ1n) is 7.97. The zero-order valence-corrected chi connectivity index (χ0v) is 14.0. The molecular weight excluding hydrogens is 264 g/mol. The maximum absolute atomic E-state index is 5.91. The number of hydrazine groups is 1. The normalized spacial score (nSPS) is 20.7. The number of aromatic nitrogens is 2. The molecule has 0 aliphatic heterocycles. The van der Waals surface area contributed by atoms with E-state index in [1.54, 1.807) is 13.3 Å². The van der Waals surface area contributed by atoms with Gasteiger partial charge in [-0.25, -0.2) is 0 Å². The van der Waals surface area contributed by atoms with E-state index in [4.69, 9.17) is 10.6 Å². The van der Waals surface area contributed by atoms with Crippen LogP contribution in [0.1, 0.15) is 71.2 Å². The van der Waals surface area contributed by atoms with Crippen LogP contribution in [0.3, 0.4) is 0 Å². The summed E-state index contributed by atoms with van der Waals surface area (Å²) in [6.07, 6.45) is 6.66. The monoisotopic (exact) mass is 294 g/mol. The summed E-state index contributed by atoms with van der Waals surface area (Å²) in [4.78, 5) is 0. The third kappa shape index (κ3) is 3.40. The fourth-order valence-electron chi connectivity index (χ4n) is 3.41. The summed E-state index contributed by atoms with van der Waals surface area (Å²) < 4.78 is 7.54. The Kier molecular flexibility index (Phi) is 4.94. The molecule has 0 spiro atoms. The molecule has 0 bridgehead atoms. The maximum Gasteiger partial charge on any atom is 0.161 e. The summed E-state index contributed by atoms with van der Waals surface area (Å²) in [5, 5.41) is 4.47. The van der Waals surface area contributed by atoms with Crippen molar-refractivity contribution in [3.8, 4) is 5.75 Å². The molecule has 1 aromatic rings. The van der Waals surface area contributed by atoms with E-state index in [1.807, 2.05) is 4.68 Å². The first kappa shape index (κ1) is 16.3. The van der Waals surface area contributed by atoms with Crippen LogP contribution < -0.4 is 16.0 Å². The molecule has 2 rings (SSSR count). The highest BCUT2D eigenvalue weighted by molar-refractivity contribution is 5.29. The van der Waals surface area contributed by atoms with E-state index >= 15 is 0 Å². The van der Waals surface area contributed by atoms with Crippen LogP contribution >= 0.6 is 0 Å². The number of nitrogens with zero attached hydrogens (tertiary/aromatic N) is 2. The highest BCUT2D eigenvalue weighted by atomic mass is 16.5. The van der Waals surface area contributed by atoms with Crippen LogP contribution in [0.4, 0.5) is 0 Å². The fourth-order valence-corrected chi connectivity index (χ4v) is 3.41. The Bertz CT molecular complexity index is 457. The van der Waals surface area contributed by atoms with Crippen molar-refractivity contribution < 1.29 is 4.74 Å². The Morgan fingerprint density at radius 3 is 2.48 bits per heavy atom. The number of nitrogens with one attached hydrogen (secondary N) is 1. The van der Waals surface area contributed by atoms with Gasteiger partial charge in [0.05, 0.1) is 25.0 Å². The van der Waals surface area contributed by atoms with Crippen molar-refractivity contribution in [3.05, 3.63) is 11.9 Å². The molecule has 0 saturated heterocycles. The third-order valence-corrected chi connectivity index (χ3v) is 4.84. The van der Waals surface area contributed by atoms with Crippen molar-refractivity contribution in [2.24, 2.45) is 17.2 Å². The highest BCUT2D eigenvalue weighted by Gasteiger charge is 2.35. The standard InChI is InChI=1S/C16H30N4O/c1-11(2)20-15(13(21-5)10-18-20)14(19-17)12-6-8-16(3,4)9-7-12/h10-12,14,19H,6-9,17H2,1-5H3. The van der Waals surface area contributed by atoms with Gasteiger partial charge in [-0.15, -0.1) is 0 Å². The molecule has 5 nitrogen and oxygen atoms in total. The van der Waals surface area contributed by atoms with E-state index in [0.717, 1.165) is 11.4 Å². The molecule has 0 radical (unpaired) electrons.